The summed E-state index contributed by atoms with van der Waals surface area (Å²) in [6, 6.07) is 14.3. The van der Waals surface area contributed by atoms with Crippen LogP contribution >= 0.6 is 11.6 Å². The summed E-state index contributed by atoms with van der Waals surface area (Å²) in [6.45, 7) is 6.88. The first kappa shape index (κ1) is 15.9. The first-order valence-electron chi connectivity index (χ1n) is 7.94. The summed E-state index contributed by atoms with van der Waals surface area (Å²) in [6.07, 6.45) is 1.03. The van der Waals surface area contributed by atoms with E-state index in [2.05, 4.69) is 31.4 Å². The molecule has 0 spiro atoms. The summed E-state index contributed by atoms with van der Waals surface area (Å²) in [4.78, 5) is 4.73. The number of hydrogen-bond acceptors (Lipinski definition) is 2. The lowest BCUT2D eigenvalue weighted by Crippen LogP contribution is -2.11. The number of fused-ring (bicyclic) bond motifs is 1. The van der Waals surface area contributed by atoms with Gasteiger partial charge in [-0.05, 0) is 56.2 Å². The van der Waals surface area contributed by atoms with Crippen LogP contribution < -0.4 is 4.74 Å². The minimum Gasteiger partial charge on any atom is -0.486 e. The van der Waals surface area contributed by atoms with Gasteiger partial charge in [0, 0.05) is 11.1 Å². The van der Waals surface area contributed by atoms with Crippen LogP contribution in [-0.2, 0) is 6.61 Å². The third-order valence-electron chi connectivity index (χ3n) is 4.11. The lowest BCUT2D eigenvalue weighted by molar-refractivity contribution is 0.285. The molecular formula is C19H21ClN2O. The Morgan fingerprint density at radius 1 is 1.22 bits per heavy atom. The highest BCUT2D eigenvalue weighted by Crippen LogP contribution is 2.26. The Bertz CT molecular complexity index is 825. The number of hydrogen-bond donors (Lipinski definition) is 0. The highest BCUT2D eigenvalue weighted by molar-refractivity contribution is 6.31. The fraction of sp³-hybridized carbons (Fsp3) is 0.316. The number of halogens is 1. The van der Waals surface area contributed by atoms with E-state index in [0.29, 0.717) is 17.7 Å². The second-order valence-corrected chi connectivity index (χ2v) is 6.33. The molecule has 3 nitrogen and oxygen atoms in total. The van der Waals surface area contributed by atoms with Gasteiger partial charge in [-0.3, -0.25) is 0 Å². The maximum atomic E-state index is 6.10. The number of ether oxygens (including phenoxy) is 1. The molecule has 1 aromatic heterocycles. The molecule has 1 unspecified atom stereocenters. The van der Waals surface area contributed by atoms with Crippen molar-refractivity contribution in [2.45, 2.75) is 39.8 Å². The third-order valence-corrected chi connectivity index (χ3v) is 4.35. The van der Waals surface area contributed by atoms with Crippen LogP contribution in [-0.4, -0.2) is 9.55 Å². The molecule has 3 rings (SSSR count). The predicted molar refractivity (Wildman–Crippen MR) is 95.3 cm³/mol. The van der Waals surface area contributed by atoms with E-state index < -0.39 is 0 Å². The molecular weight excluding hydrogens is 308 g/mol. The zero-order valence-electron chi connectivity index (χ0n) is 13.7. The Morgan fingerprint density at radius 3 is 2.78 bits per heavy atom. The Kier molecular flexibility index (Phi) is 4.58. The number of aromatic nitrogens is 2. The van der Waals surface area contributed by atoms with Gasteiger partial charge in [0.25, 0.3) is 0 Å². The molecule has 0 saturated carbocycles. The second kappa shape index (κ2) is 6.63. The molecule has 2 aromatic carbocycles. The van der Waals surface area contributed by atoms with Gasteiger partial charge in [-0.25, -0.2) is 4.98 Å². The molecule has 0 fully saturated rings. The summed E-state index contributed by atoms with van der Waals surface area (Å²) in [5.74, 6) is 1.80. The van der Waals surface area contributed by atoms with Crippen LogP contribution in [0.3, 0.4) is 0 Å². The van der Waals surface area contributed by atoms with Crippen LogP contribution in [0.1, 0.15) is 37.7 Å². The zero-order valence-corrected chi connectivity index (χ0v) is 14.5. The van der Waals surface area contributed by atoms with Crippen molar-refractivity contribution >= 4 is 22.6 Å². The van der Waals surface area contributed by atoms with Crippen LogP contribution in [0.4, 0.5) is 0 Å². The molecule has 0 amide bonds. The van der Waals surface area contributed by atoms with Gasteiger partial charge in [-0.1, -0.05) is 30.7 Å². The quantitative estimate of drug-likeness (QED) is 0.614. The third kappa shape index (κ3) is 3.35. The molecule has 0 saturated heterocycles. The van der Waals surface area contributed by atoms with Crippen molar-refractivity contribution in [3.8, 4) is 5.75 Å². The van der Waals surface area contributed by atoms with Crippen LogP contribution in [0.2, 0.25) is 5.02 Å². The van der Waals surface area contributed by atoms with E-state index >= 15 is 0 Å². The van der Waals surface area contributed by atoms with Crippen molar-refractivity contribution in [1.82, 2.24) is 9.55 Å². The van der Waals surface area contributed by atoms with Crippen molar-refractivity contribution in [2.75, 3.05) is 0 Å². The van der Waals surface area contributed by atoms with E-state index in [9.17, 15) is 0 Å². The second-order valence-electron chi connectivity index (χ2n) is 5.89. The summed E-state index contributed by atoms with van der Waals surface area (Å²) in [5.41, 5.74) is 3.21. The van der Waals surface area contributed by atoms with Crippen LogP contribution in [0.5, 0.6) is 5.75 Å². The number of imidazole rings is 1. The van der Waals surface area contributed by atoms with E-state index in [-0.39, 0.29) is 0 Å². The van der Waals surface area contributed by atoms with Gasteiger partial charge in [0.2, 0.25) is 0 Å². The van der Waals surface area contributed by atoms with Crippen molar-refractivity contribution in [3.05, 3.63) is 58.9 Å². The molecule has 3 aromatic rings. The highest BCUT2D eigenvalue weighted by atomic mass is 35.5. The molecule has 0 aliphatic heterocycles. The SMILES string of the molecule is CCC(C)n1c(COc2cccc(C)c2)nc2cc(Cl)ccc21. The largest absolute Gasteiger partial charge is 0.486 e. The van der Waals surface area contributed by atoms with Crippen molar-refractivity contribution in [1.29, 1.82) is 0 Å². The molecule has 0 aliphatic carbocycles. The summed E-state index contributed by atoms with van der Waals surface area (Å²) >= 11 is 6.10. The normalized spacial score (nSPS) is 12.5. The minimum absolute atomic E-state index is 0.359. The Balaban J connectivity index is 1.95. The molecule has 23 heavy (non-hydrogen) atoms. The maximum absolute atomic E-state index is 6.10. The topological polar surface area (TPSA) is 27.1 Å². The molecule has 1 heterocycles. The Hall–Kier alpha value is -2.00. The van der Waals surface area contributed by atoms with Gasteiger partial charge in [0.15, 0.2) is 0 Å². The number of rotatable bonds is 5. The average molecular weight is 329 g/mol. The molecule has 0 bridgehead atoms. The van der Waals surface area contributed by atoms with Gasteiger partial charge < -0.3 is 9.30 Å². The predicted octanol–water partition coefficient (Wildman–Crippen LogP) is 5.55. The van der Waals surface area contributed by atoms with Crippen molar-refractivity contribution in [3.63, 3.8) is 0 Å². The van der Waals surface area contributed by atoms with E-state index in [1.807, 2.05) is 36.4 Å². The maximum Gasteiger partial charge on any atom is 0.148 e. The van der Waals surface area contributed by atoms with Gasteiger partial charge in [-0.15, -0.1) is 0 Å². The lowest BCUT2D eigenvalue weighted by atomic mass is 10.2. The standard InChI is InChI=1S/C19H21ClN2O/c1-4-14(3)22-18-9-8-15(20)11-17(18)21-19(22)12-23-16-7-5-6-13(2)10-16/h5-11,14H,4,12H2,1-3H3. The number of nitrogens with zero attached hydrogens (tertiary/aromatic N) is 2. The Labute approximate surface area is 141 Å². The van der Waals surface area contributed by atoms with E-state index in [1.165, 1.54) is 5.56 Å². The number of benzene rings is 2. The number of aryl methyl sites for hydroxylation is 1. The molecule has 0 aliphatic rings. The monoisotopic (exact) mass is 328 g/mol. The molecule has 0 radical (unpaired) electrons. The van der Waals surface area contributed by atoms with Gasteiger partial charge in [-0.2, -0.15) is 0 Å². The fourth-order valence-electron chi connectivity index (χ4n) is 2.75. The van der Waals surface area contributed by atoms with E-state index in [4.69, 9.17) is 21.3 Å². The van der Waals surface area contributed by atoms with E-state index in [0.717, 1.165) is 29.0 Å². The fourth-order valence-corrected chi connectivity index (χ4v) is 2.92. The van der Waals surface area contributed by atoms with E-state index in [1.54, 1.807) is 0 Å². The van der Waals surface area contributed by atoms with Crippen LogP contribution in [0.25, 0.3) is 11.0 Å². The molecule has 4 heteroatoms. The smallest absolute Gasteiger partial charge is 0.148 e. The van der Waals surface area contributed by atoms with Crippen LogP contribution in [0.15, 0.2) is 42.5 Å². The summed E-state index contributed by atoms with van der Waals surface area (Å²) in [5, 5.41) is 0.706. The average Bonchev–Trinajstić information content (AvgIpc) is 2.89. The van der Waals surface area contributed by atoms with Crippen molar-refractivity contribution in [2.24, 2.45) is 0 Å². The highest BCUT2D eigenvalue weighted by Gasteiger charge is 2.15. The first-order valence-corrected chi connectivity index (χ1v) is 8.32. The Morgan fingerprint density at radius 2 is 2.04 bits per heavy atom. The minimum atomic E-state index is 0.359. The summed E-state index contributed by atoms with van der Waals surface area (Å²) < 4.78 is 8.20. The molecule has 0 N–H and O–H groups in total. The van der Waals surface area contributed by atoms with Crippen LogP contribution in [0, 0.1) is 6.92 Å². The van der Waals surface area contributed by atoms with Gasteiger partial charge in [0.1, 0.15) is 18.2 Å². The van der Waals surface area contributed by atoms with Crippen molar-refractivity contribution < 1.29 is 4.74 Å². The summed E-state index contributed by atoms with van der Waals surface area (Å²) in [7, 11) is 0. The molecule has 1 atom stereocenters. The first-order chi connectivity index (χ1) is 11.1. The van der Waals surface area contributed by atoms with Gasteiger partial charge in [0.05, 0.1) is 11.0 Å². The lowest BCUT2D eigenvalue weighted by Gasteiger charge is -2.16. The zero-order chi connectivity index (χ0) is 16.4. The van der Waals surface area contributed by atoms with Gasteiger partial charge >= 0.3 is 0 Å². The molecule has 120 valence electrons.